The van der Waals surface area contributed by atoms with E-state index in [1.165, 1.54) is 13.1 Å². The maximum Gasteiger partial charge on any atom is 0.0164 e. The Morgan fingerprint density at radius 1 is 1.40 bits per heavy atom. The van der Waals surface area contributed by atoms with Crippen LogP contribution in [0, 0.1) is 0 Å². The summed E-state index contributed by atoms with van der Waals surface area (Å²) >= 11 is 0. The van der Waals surface area contributed by atoms with Gasteiger partial charge in [0.15, 0.2) is 0 Å². The van der Waals surface area contributed by atoms with Crippen molar-refractivity contribution in [3.05, 3.63) is 12.2 Å². The van der Waals surface area contributed by atoms with Crippen molar-refractivity contribution in [1.29, 1.82) is 0 Å². The van der Waals surface area contributed by atoms with E-state index in [4.69, 9.17) is 0 Å². The van der Waals surface area contributed by atoms with Crippen LogP contribution in [0.1, 0.15) is 6.92 Å². The van der Waals surface area contributed by atoms with Crippen LogP contribution >= 0.6 is 0 Å². The minimum atomic E-state index is 1.12. The molecule has 1 aliphatic heterocycles. The van der Waals surface area contributed by atoms with Gasteiger partial charge >= 0.3 is 0 Å². The van der Waals surface area contributed by atoms with Gasteiger partial charge in [0, 0.05) is 32.7 Å². The van der Waals surface area contributed by atoms with Crippen LogP contribution in [0.25, 0.3) is 0 Å². The molecule has 0 aromatic heterocycles. The summed E-state index contributed by atoms with van der Waals surface area (Å²) in [7, 11) is 0. The van der Waals surface area contributed by atoms with Gasteiger partial charge in [-0.2, -0.15) is 0 Å². The number of nitrogens with zero attached hydrogens (tertiary/aromatic N) is 1. The van der Waals surface area contributed by atoms with Crippen LogP contribution in [0.2, 0.25) is 0 Å². The Kier molecular flexibility index (Phi) is 3.47. The largest absolute Gasteiger partial charge is 0.314 e. The Morgan fingerprint density at radius 3 is 2.70 bits per heavy atom. The molecule has 1 N–H and O–H groups in total. The molecule has 0 amide bonds. The highest BCUT2D eigenvalue weighted by Gasteiger charge is 2.05. The highest BCUT2D eigenvalue weighted by molar-refractivity contribution is 4.82. The molecule has 0 saturated carbocycles. The van der Waals surface area contributed by atoms with Crippen molar-refractivity contribution in [2.45, 2.75) is 6.92 Å². The van der Waals surface area contributed by atoms with Crippen molar-refractivity contribution in [2.75, 3.05) is 32.7 Å². The van der Waals surface area contributed by atoms with Crippen LogP contribution in [0.15, 0.2) is 12.2 Å². The zero-order chi connectivity index (χ0) is 7.23. The van der Waals surface area contributed by atoms with Crippen molar-refractivity contribution >= 4 is 0 Å². The summed E-state index contributed by atoms with van der Waals surface area (Å²) in [5.41, 5.74) is 0. The van der Waals surface area contributed by atoms with Gasteiger partial charge in [-0.3, -0.25) is 4.90 Å². The molecule has 2 nitrogen and oxygen atoms in total. The van der Waals surface area contributed by atoms with E-state index in [9.17, 15) is 0 Å². The molecule has 58 valence electrons. The van der Waals surface area contributed by atoms with Crippen molar-refractivity contribution in [3.8, 4) is 0 Å². The van der Waals surface area contributed by atoms with Crippen LogP contribution < -0.4 is 5.32 Å². The Bertz CT molecular complexity index is 104. The lowest BCUT2D eigenvalue weighted by Gasteiger charge is -2.25. The number of hydrogen-bond donors (Lipinski definition) is 1. The van der Waals surface area contributed by atoms with Gasteiger partial charge in [-0.05, 0) is 6.92 Å². The molecule has 1 heterocycles. The molecular weight excluding hydrogens is 124 g/mol. The molecule has 1 fully saturated rings. The van der Waals surface area contributed by atoms with E-state index < -0.39 is 0 Å². The molecule has 1 saturated heterocycles. The number of piperazine rings is 1. The predicted octanol–water partition coefficient (Wildman–Crippen LogP) is 0.468. The average Bonchev–Trinajstić information content (AvgIpc) is 2.03. The van der Waals surface area contributed by atoms with Gasteiger partial charge in [-0.1, -0.05) is 12.2 Å². The monoisotopic (exact) mass is 140 g/mol. The molecule has 0 spiro atoms. The quantitative estimate of drug-likeness (QED) is 0.561. The molecule has 0 bridgehead atoms. The summed E-state index contributed by atoms with van der Waals surface area (Å²) < 4.78 is 0. The Hall–Kier alpha value is -0.340. The van der Waals surface area contributed by atoms with E-state index in [1.807, 2.05) is 0 Å². The van der Waals surface area contributed by atoms with Gasteiger partial charge in [-0.15, -0.1) is 0 Å². The van der Waals surface area contributed by atoms with Gasteiger partial charge in [0.05, 0.1) is 0 Å². The first kappa shape index (κ1) is 7.76. The van der Waals surface area contributed by atoms with Crippen molar-refractivity contribution < 1.29 is 0 Å². The fraction of sp³-hybridized carbons (Fsp3) is 0.750. The zero-order valence-electron chi connectivity index (χ0n) is 6.64. The molecule has 0 unspecified atom stereocenters. The molecule has 1 aliphatic rings. The van der Waals surface area contributed by atoms with Crippen LogP contribution in [0.4, 0.5) is 0 Å². The van der Waals surface area contributed by atoms with Gasteiger partial charge < -0.3 is 5.32 Å². The van der Waals surface area contributed by atoms with Crippen LogP contribution in [0.3, 0.4) is 0 Å². The topological polar surface area (TPSA) is 15.3 Å². The van der Waals surface area contributed by atoms with Gasteiger partial charge in [-0.25, -0.2) is 0 Å². The summed E-state index contributed by atoms with van der Waals surface area (Å²) in [5.74, 6) is 0. The summed E-state index contributed by atoms with van der Waals surface area (Å²) in [6.07, 6.45) is 4.33. The minimum absolute atomic E-state index is 1.12. The average molecular weight is 140 g/mol. The Balaban J connectivity index is 2.13. The van der Waals surface area contributed by atoms with Crippen molar-refractivity contribution in [3.63, 3.8) is 0 Å². The highest BCUT2D eigenvalue weighted by atomic mass is 15.2. The Labute approximate surface area is 62.9 Å². The third kappa shape index (κ3) is 2.50. The first-order valence-electron chi connectivity index (χ1n) is 3.97. The summed E-state index contributed by atoms with van der Waals surface area (Å²) in [4.78, 5) is 2.45. The molecule has 0 atom stereocenters. The minimum Gasteiger partial charge on any atom is -0.314 e. The summed E-state index contributed by atoms with van der Waals surface area (Å²) in [5, 5.41) is 3.33. The smallest absolute Gasteiger partial charge is 0.0164 e. The molecule has 10 heavy (non-hydrogen) atoms. The fourth-order valence-corrected chi connectivity index (χ4v) is 1.15. The van der Waals surface area contributed by atoms with Gasteiger partial charge in [0.1, 0.15) is 0 Å². The molecule has 0 aliphatic carbocycles. The second-order valence-electron chi connectivity index (χ2n) is 2.62. The third-order valence-electron chi connectivity index (χ3n) is 1.81. The second kappa shape index (κ2) is 4.47. The number of rotatable bonds is 2. The standard InChI is InChI=1S/C8H16N2/c1-2-3-6-10-7-4-9-5-8-10/h2-3,9H,4-8H2,1H3/b3-2+. The van der Waals surface area contributed by atoms with Gasteiger partial charge in [0.25, 0.3) is 0 Å². The third-order valence-corrected chi connectivity index (χ3v) is 1.81. The first-order valence-corrected chi connectivity index (χ1v) is 3.97. The van der Waals surface area contributed by atoms with E-state index in [1.54, 1.807) is 0 Å². The SMILES string of the molecule is C/C=C/CN1CCNCC1. The summed E-state index contributed by atoms with van der Waals surface area (Å²) in [6.45, 7) is 7.89. The summed E-state index contributed by atoms with van der Waals surface area (Å²) in [6, 6.07) is 0. The van der Waals surface area contributed by atoms with Crippen molar-refractivity contribution in [1.82, 2.24) is 10.2 Å². The van der Waals surface area contributed by atoms with Crippen LogP contribution in [-0.4, -0.2) is 37.6 Å². The van der Waals surface area contributed by atoms with Crippen LogP contribution in [-0.2, 0) is 0 Å². The first-order chi connectivity index (χ1) is 4.93. The van der Waals surface area contributed by atoms with Crippen LogP contribution in [0.5, 0.6) is 0 Å². The van der Waals surface area contributed by atoms with E-state index >= 15 is 0 Å². The number of allylic oxidation sites excluding steroid dienone is 1. The van der Waals surface area contributed by atoms with E-state index in [2.05, 4.69) is 29.3 Å². The molecule has 0 aromatic rings. The zero-order valence-corrected chi connectivity index (χ0v) is 6.64. The molecular formula is C8H16N2. The highest BCUT2D eigenvalue weighted by Crippen LogP contribution is 1.91. The molecule has 2 heteroatoms. The van der Waals surface area contributed by atoms with E-state index in [0.717, 1.165) is 19.6 Å². The number of nitrogens with one attached hydrogen (secondary N) is 1. The maximum absolute atomic E-state index is 3.33. The van der Waals surface area contributed by atoms with Gasteiger partial charge in [0.2, 0.25) is 0 Å². The lowest BCUT2D eigenvalue weighted by Crippen LogP contribution is -2.43. The molecule has 1 rings (SSSR count). The normalized spacial score (nSPS) is 22.1. The predicted molar refractivity (Wildman–Crippen MR) is 44.1 cm³/mol. The lowest BCUT2D eigenvalue weighted by molar-refractivity contribution is 0.264. The lowest BCUT2D eigenvalue weighted by atomic mass is 10.3. The Morgan fingerprint density at radius 2 is 2.10 bits per heavy atom. The number of hydrogen-bond acceptors (Lipinski definition) is 2. The molecule has 0 radical (unpaired) electrons. The second-order valence-corrected chi connectivity index (χ2v) is 2.62. The van der Waals surface area contributed by atoms with E-state index in [-0.39, 0.29) is 0 Å². The van der Waals surface area contributed by atoms with E-state index in [0.29, 0.717) is 0 Å². The maximum atomic E-state index is 3.33. The van der Waals surface area contributed by atoms with Crippen molar-refractivity contribution in [2.24, 2.45) is 0 Å². The fourth-order valence-electron chi connectivity index (χ4n) is 1.15. The molecule has 0 aromatic carbocycles.